The highest BCUT2D eigenvalue weighted by Gasteiger charge is 2.36. The first-order chi connectivity index (χ1) is 15.3. The number of nitrogens with zero attached hydrogens (tertiary/aromatic N) is 3. The van der Waals surface area contributed by atoms with Gasteiger partial charge < -0.3 is 14.5 Å². The third-order valence-electron chi connectivity index (χ3n) is 6.50. The number of amides is 2. The lowest BCUT2D eigenvalue weighted by Crippen LogP contribution is -2.56. The van der Waals surface area contributed by atoms with Gasteiger partial charge in [0.05, 0.1) is 5.69 Å². The van der Waals surface area contributed by atoms with Crippen LogP contribution in [0.1, 0.15) is 35.3 Å². The molecular formula is C25H29N3O4. The van der Waals surface area contributed by atoms with E-state index in [0.29, 0.717) is 30.1 Å². The number of hydrogen-bond donors (Lipinski definition) is 0. The van der Waals surface area contributed by atoms with Crippen molar-refractivity contribution in [3.63, 3.8) is 0 Å². The molecule has 1 atom stereocenters. The van der Waals surface area contributed by atoms with Crippen molar-refractivity contribution in [2.24, 2.45) is 0 Å². The topological polar surface area (TPSA) is 70.2 Å². The van der Waals surface area contributed by atoms with E-state index in [4.69, 9.17) is 4.74 Å². The molecule has 0 N–H and O–H groups in total. The predicted molar refractivity (Wildman–Crippen MR) is 124 cm³/mol. The number of carbonyl (C=O) groups excluding carboxylic acids is 3. The van der Waals surface area contributed by atoms with Gasteiger partial charge in [-0.3, -0.25) is 19.3 Å². The zero-order chi connectivity index (χ0) is 23.0. The Labute approximate surface area is 188 Å². The van der Waals surface area contributed by atoms with Crippen LogP contribution >= 0.6 is 0 Å². The first-order valence-electron chi connectivity index (χ1n) is 11.0. The fourth-order valence-corrected chi connectivity index (χ4v) is 4.44. The largest absolute Gasteiger partial charge is 0.482 e. The van der Waals surface area contributed by atoms with Gasteiger partial charge in [0.25, 0.3) is 5.91 Å². The Morgan fingerprint density at radius 2 is 1.72 bits per heavy atom. The normalized spacial score (nSPS) is 17.0. The predicted octanol–water partition coefficient (Wildman–Crippen LogP) is 2.97. The summed E-state index contributed by atoms with van der Waals surface area (Å²) in [7, 11) is 0. The molecule has 0 saturated carbocycles. The molecule has 0 bridgehead atoms. The fourth-order valence-electron chi connectivity index (χ4n) is 4.44. The minimum atomic E-state index is -0.681. The molecule has 7 heteroatoms. The number of fused-ring (bicyclic) bond motifs is 1. The number of carbonyl (C=O) groups is 3. The summed E-state index contributed by atoms with van der Waals surface area (Å²) in [5.41, 5.74) is 4.68. The van der Waals surface area contributed by atoms with Gasteiger partial charge in [-0.25, -0.2) is 0 Å². The summed E-state index contributed by atoms with van der Waals surface area (Å²) in [6.07, 6.45) is 0. The molecule has 32 heavy (non-hydrogen) atoms. The van der Waals surface area contributed by atoms with Crippen LogP contribution in [-0.4, -0.2) is 61.3 Å². The van der Waals surface area contributed by atoms with Crippen molar-refractivity contribution in [3.8, 4) is 5.75 Å². The zero-order valence-electron chi connectivity index (χ0n) is 19.1. The molecule has 0 aromatic heterocycles. The molecule has 4 rings (SSSR count). The van der Waals surface area contributed by atoms with E-state index in [2.05, 4.69) is 36.9 Å². The molecule has 7 nitrogen and oxygen atoms in total. The third kappa shape index (κ3) is 3.95. The van der Waals surface area contributed by atoms with Gasteiger partial charge in [0.15, 0.2) is 12.4 Å². The summed E-state index contributed by atoms with van der Waals surface area (Å²) in [4.78, 5) is 43.5. The van der Waals surface area contributed by atoms with E-state index in [9.17, 15) is 14.4 Å². The van der Waals surface area contributed by atoms with Crippen LogP contribution in [0.2, 0.25) is 0 Å². The Balaban J connectivity index is 1.50. The standard InChI is InChI=1S/C25H29N3O4/c1-16-6-5-7-21(17(16)2)26-10-12-27(13-11-26)25(31)18(3)28-22-14-20(19(4)29)8-9-23(22)32-15-24(28)30/h5-9,14,18H,10-13,15H2,1-4H3. The Morgan fingerprint density at radius 3 is 2.41 bits per heavy atom. The van der Waals surface area contributed by atoms with Crippen LogP contribution in [0, 0.1) is 13.8 Å². The van der Waals surface area contributed by atoms with Crippen LogP contribution < -0.4 is 14.5 Å². The van der Waals surface area contributed by atoms with Crippen LogP contribution in [-0.2, 0) is 9.59 Å². The minimum absolute atomic E-state index is 0.0972. The molecule has 2 aromatic rings. The van der Waals surface area contributed by atoms with Crippen molar-refractivity contribution in [3.05, 3.63) is 53.1 Å². The van der Waals surface area contributed by atoms with E-state index < -0.39 is 6.04 Å². The van der Waals surface area contributed by atoms with E-state index in [1.54, 1.807) is 25.1 Å². The first-order valence-corrected chi connectivity index (χ1v) is 11.0. The Morgan fingerprint density at radius 1 is 1.00 bits per heavy atom. The average Bonchev–Trinajstić information content (AvgIpc) is 2.79. The summed E-state index contributed by atoms with van der Waals surface area (Å²) in [5.74, 6) is 0.0226. The van der Waals surface area contributed by atoms with Crippen molar-refractivity contribution in [1.29, 1.82) is 0 Å². The Bertz CT molecular complexity index is 1070. The first kappa shape index (κ1) is 21.9. The van der Waals surface area contributed by atoms with Gasteiger partial charge in [0.2, 0.25) is 5.91 Å². The molecule has 0 aliphatic carbocycles. The number of benzene rings is 2. The molecule has 2 aromatic carbocycles. The van der Waals surface area contributed by atoms with Gasteiger partial charge in [0, 0.05) is 37.4 Å². The maximum atomic E-state index is 13.3. The van der Waals surface area contributed by atoms with Crippen LogP contribution in [0.3, 0.4) is 0 Å². The second-order valence-electron chi connectivity index (χ2n) is 8.50. The molecule has 0 spiro atoms. The van der Waals surface area contributed by atoms with Crippen molar-refractivity contribution in [2.45, 2.75) is 33.7 Å². The second-order valence-corrected chi connectivity index (χ2v) is 8.50. The molecule has 1 unspecified atom stereocenters. The van der Waals surface area contributed by atoms with Gasteiger partial charge in [-0.1, -0.05) is 12.1 Å². The van der Waals surface area contributed by atoms with E-state index in [0.717, 1.165) is 13.1 Å². The summed E-state index contributed by atoms with van der Waals surface area (Å²) >= 11 is 0. The highest BCUT2D eigenvalue weighted by molar-refractivity contribution is 6.05. The van der Waals surface area contributed by atoms with Gasteiger partial charge in [-0.15, -0.1) is 0 Å². The molecule has 1 saturated heterocycles. The molecule has 2 heterocycles. The number of ether oxygens (including phenoxy) is 1. The van der Waals surface area contributed by atoms with E-state index in [1.165, 1.54) is 28.6 Å². The van der Waals surface area contributed by atoms with Gasteiger partial charge >= 0.3 is 0 Å². The monoisotopic (exact) mass is 435 g/mol. The van der Waals surface area contributed by atoms with Crippen molar-refractivity contribution < 1.29 is 19.1 Å². The third-order valence-corrected chi connectivity index (χ3v) is 6.50. The van der Waals surface area contributed by atoms with Crippen molar-refractivity contribution in [2.75, 3.05) is 42.6 Å². The van der Waals surface area contributed by atoms with Crippen LogP contribution in [0.15, 0.2) is 36.4 Å². The lowest BCUT2D eigenvalue weighted by atomic mass is 10.1. The molecule has 0 radical (unpaired) electrons. The van der Waals surface area contributed by atoms with Crippen LogP contribution in [0.25, 0.3) is 0 Å². The summed E-state index contributed by atoms with van der Waals surface area (Å²) in [6.45, 7) is 10.00. The van der Waals surface area contributed by atoms with Crippen LogP contribution in [0.5, 0.6) is 5.75 Å². The van der Waals surface area contributed by atoms with E-state index >= 15 is 0 Å². The number of rotatable bonds is 4. The van der Waals surface area contributed by atoms with Gasteiger partial charge in [-0.2, -0.15) is 0 Å². The number of piperazine rings is 1. The molecular weight excluding hydrogens is 406 g/mol. The summed E-state index contributed by atoms with van der Waals surface area (Å²) in [5, 5.41) is 0. The van der Waals surface area contributed by atoms with Crippen LogP contribution in [0.4, 0.5) is 11.4 Å². The number of aryl methyl sites for hydroxylation is 1. The SMILES string of the molecule is CC(=O)c1ccc2c(c1)N(C(C)C(=O)N1CCN(c3cccc(C)c3C)CC1)C(=O)CO2. The smallest absolute Gasteiger partial charge is 0.265 e. The van der Waals surface area contributed by atoms with Gasteiger partial charge in [-0.05, 0) is 63.1 Å². The molecule has 1 fully saturated rings. The highest BCUT2D eigenvalue weighted by Crippen LogP contribution is 2.35. The Hall–Kier alpha value is -3.35. The molecule has 168 valence electrons. The quantitative estimate of drug-likeness (QED) is 0.691. The number of ketones is 1. The number of anilines is 2. The van der Waals surface area contributed by atoms with Crippen molar-refractivity contribution in [1.82, 2.24) is 4.90 Å². The maximum absolute atomic E-state index is 13.3. The molecule has 2 aliphatic rings. The lowest BCUT2D eigenvalue weighted by molar-refractivity contribution is -0.135. The fraction of sp³-hybridized carbons (Fsp3) is 0.400. The number of Topliss-reactive ketones (excluding diaryl/α,β-unsaturated/α-hetero) is 1. The summed E-state index contributed by atoms with van der Waals surface area (Å²) < 4.78 is 5.53. The lowest BCUT2D eigenvalue weighted by Gasteiger charge is -2.40. The van der Waals surface area contributed by atoms with Gasteiger partial charge in [0.1, 0.15) is 11.8 Å². The average molecular weight is 436 g/mol. The second kappa shape index (κ2) is 8.65. The zero-order valence-corrected chi connectivity index (χ0v) is 19.1. The van der Waals surface area contributed by atoms with Crippen molar-refractivity contribution >= 4 is 29.0 Å². The maximum Gasteiger partial charge on any atom is 0.265 e. The highest BCUT2D eigenvalue weighted by atomic mass is 16.5. The van der Waals surface area contributed by atoms with E-state index in [-0.39, 0.29) is 24.2 Å². The Kier molecular flexibility index (Phi) is 5.91. The number of hydrogen-bond acceptors (Lipinski definition) is 5. The summed E-state index contributed by atoms with van der Waals surface area (Å²) in [6, 6.07) is 10.6. The molecule has 2 aliphatic heterocycles. The molecule has 2 amide bonds. The minimum Gasteiger partial charge on any atom is -0.482 e. The van der Waals surface area contributed by atoms with E-state index in [1.807, 2.05) is 4.90 Å².